The van der Waals surface area contributed by atoms with Crippen molar-refractivity contribution in [1.29, 1.82) is 0 Å². The summed E-state index contributed by atoms with van der Waals surface area (Å²) in [5.41, 5.74) is 0. The van der Waals surface area contributed by atoms with E-state index in [-0.39, 0.29) is 22.5 Å². The maximum Gasteiger partial charge on any atom is 0.244 e. The monoisotopic (exact) mass is 323 g/mol. The molecule has 7 heteroatoms. The first-order valence-electron chi connectivity index (χ1n) is 5.04. The Hall–Kier alpha value is -0.500. The van der Waals surface area contributed by atoms with Gasteiger partial charge in [0.25, 0.3) is 0 Å². The molecule has 1 atom stereocenters. The van der Waals surface area contributed by atoms with E-state index in [1.54, 1.807) is 0 Å². The van der Waals surface area contributed by atoms with Crippen molar-refractivity contribution in [3.05, 3.63) is 28.5 Å². The summed E-state index contributed by atoms with van der Waals surface area (Å²) in [6.45, 7) is 0.374. The number of aliphatic hydroxyl groups excluding tert-OH is 1. The summed E-state index contributed by atoms with van der Waals surface area (Å²) in [7, 11) is -3.66. The normalized spacial score (nSPS) is 21.9. The molecule has 0 spiro atoms. The molecule has 1 saturated heterocycles. The van der Waals surface area contributed by atoms with Gasteiger partial charge < -0.3 is 5.11 Å². The van der Waals surface area contributed by atoms with Crippen molar-refractivity contribution in [3.63, 3.8) is 0 Å². The lowest BCUT2D eigenvalue weighted by Gasteiger charge is -2.16. The summed E-state index contributed by atoms with van der Waals surface area (Å²) in [5.74, 6) is -0.503. The number of aliphatic hydroxyl groups is 1. The molecule has 17 heavy (non-hydrogen) atoms. The molecule has 1 fully saturated rings. The molecular weight excluding hydrogens is 313 g/mol. The maximum atomic E-state index is 12.9. The van der Waals surface area contributed by atoms with E-state index in [0.29, 0.717) is 6.42 Å². The van der Waals surface area contributed by atoms with E-state index in [4.69, 9.17) is 0 Å². The van der Waals surface area contributed by atoms with Gasteiger partial charge in [0.1, 0.15) is 5.82 Å². The smallest absolute Gasteiger partial charge is 0.244 e. The number of rotatable bonds is 2. The van der Waals surface area contributed by atoms with E-state index in [9.17, 15) is 17.9 Å². The molecule has 1 aromatic rings. The molecule has 0 aromatic heterocycles. The summed E-state index contributed by atoms with van der Waals surface area (Å²) >= 11 is 3.04. The molecule has 0 bridgehead atoms. The van der Waals surface area contributed by atoms with Crippen LogP contribution in [0.15, 0.2) is 27.6 Å². The molecule has 0 saturated carbocycles. The van der Waals surface area contributed by atoms with Crippen LogP contribution in [0, 0.1) is 5.82 Å². The highest BCUT2D eigenvalue weighted by Crippen LogP contribution is 2.27. The molecule has 0 amide bonds. The van der Waals surface area contributed by atoms with Crippen LogP contribution in [-0.2, 0) is 10.0 Å². The van der Waals surface area contributed by atoms with Gasteiger partial charge in [0.05, 0.1) is 11.0 Å². The number of β-amino-alcohol motifs (C(OH)–C–C–N with tert-alkyl or cyclic N) is 1. The van der Waals surface area contributed by atoms with Gasteiger partial charge in [-0.05, 0) is 40.5 Å². The number of benzene rings is 1. The lowest BCUT2D eigenvalue weighted by atomic mass is 10.3. The predicted octanol–water partition coefficient (Wildman–Crippen LogP) is 1.34. The van der Waals surface area contributed by atoms with Crippen molar-refractivity contribution in [2.24, 2.45) is 0 Å². The standard InChI is InChI=1S/C10H11BrFNO3S/c11-9-5-7(12)1-2-10(9)17(15,16)13-4-3-8(14)6-13/h1-2,5,8,14H,3-4,6H2. The van der Waals surface area contributed by atoms with E-state index in [2.05, 4.69) is 15.9 Å². The Morgan fingerprint density at radius 2 is 2.18 bits per heavy atom. The van der Waals surface area contributed by atoms with E-state index in [1.165, 1.54) is 10.4 Å². The first kappa shape index (κ1) is 12.9. The van der Waals surface area contributed by atoms with Gasteiger partial charge >= 0.3 is 0 Å². The number of halogens is 2. The van der Waals surface area contributed by atoms with Gasteiger partial charge in [-0.1, -0.05) is 0 Å². The molecule has 1 heterocycles. The van der Waals surface area contributed by atoms with Crippen LogP contribution in [0.4, 0.5) is 4.39 Å². The van der Waals surface area contributed by atoms with Crippen molar-refractivity contribution >= 4 is 26.0 Å². The zero-order valence-electron chi connectivity index (χ0n) is 8.81. The minimum Gasteiger partial charge on any atom is -0.392 e. The van der Waals surface area contributed by atoms with Crippen molar-refractivity contribution < 1.29 is 17.9 Å². The van der Waals surface area contributed by atoms with Crippen LogP contribution in [-0.4, -0.2) is 37.0 Å². The van der Waals surface area contributed by atoms with E-state index in [1.807, 2.05) is 0 Å². The van der Waals surface area contributed by atoms with Crippen LogP contribution >= 0.6 is 15.9 Å². The topological polar surface area (TPSA) is 57.6 Å². The Bertz CT molecular complexity index is 534. The highest BCUT2D eigenvalue weighted by atomic mass is 79.9. The Balaban J connectivity index is 2.38. The fourth-order valence-electron chi connectivity index (χ4n) is 1.75. The van der Waals surface area contributed by atoms with Gasteiger partial charge in [0.2, 0.25) is 10.0 Å². The summed E-state index contributed by atoms with van der Waals surface area (Å²) in [4.78, 5) is 0.0213. The SMILES string of the molecule is O=S(=O)(c1ccc(F)cc1Br)N1CCC(O)C1. The minimum absolute atomic E-state index is 0.0213. The first-order chi connectivity index (χ1) is 7.91. The Kier molecular flexibility index (Phi) is 3.53. The number of nitrogens with zero attached hydrogens (tertiary/aromatic N) is 1. The third kappa shape index (κ3) is 2.52. The molecule has 0 radical (unpaired) electrons. The molecule has 94 valence electrons. The van der Waals surface area contributed by atoms with E-state index < -0.39 is 21.9 Å². The van der Waals surface area contributed by atoms with Crippen molar-refractivity contribution in [3.8, 4) is 0 Å². The largest absolute Gasteiger partial charge is 0.392 e. The molecule has 0 aliphatic carbocycles. The maximum absolute atomic E-state index is 12.9. The van der Waals surface area contributed by atoms with Crippen LogP contribution in [0.25, 0.3) is 0 Å². The molecule has 1 N–H and O–H groups in total. The molecule has 1 aliphatic rings. The minimum atomic E-state index is -3.66. The Morgan fingerprint density at radius 3 is 2.71 bits per heavy atom. The molecule has 1 aliphatic heterocycles. The van der Waals surface area contributed by atoms with Gasteiger partial charge in [0.15, 0.2) is 0 Å². The Morgan fingerprint density at radius 1 is 1.47 bits per heavy atom. The lowest BCUT2D eigenvalue weighted by Crippen LogP contribution is -2.30. The fraction of sp³-hybridized carbons (Fsp3) is 0.400. The molecule has 1 aromatic carbocycles. The first-order valence-corrected chi connectivity index (χ1v) is 7.28. The molecule has 2 rings (SSSR count). The van der Waals surface area contributed by atoms with Gasteiger partial charge in [-0.2, -0.15) is 4.31 Å². The van der Waals surface area contributed by atoms with Gasteiger partial charge in [-0.15, -0.1) is 0 Å². The number of hydrogen-bond acceptors (Lipinski definition) is 3. The van der Waals surface area contributed by atoms with Gasteiger partial charge in [-0.3, -0.25) is 0 Å². The second-order valence-electron chi connectivity index (χ2n) is 3.88. The summed E-state index contributed by atoms with van der Waals surface area (Å²) in [6.07, 6.45) is -0.193. The van der Waals surface area contributed by atoms with E-state index >= 15 is 0 Å². The third-order valence-corrected chi connectivity index (χ3v) is 5.48. The third-order valence-electron chi connectivity index (χ3n) is 2.64. The van der Waals surface area contributed by atoms with E-state index in [0.717, 1.165) is 12.1 Å². The number of hydrogen-bond donors (Lipinski definition) is 1. The highest BCUT2D eigenvalue weighted by molar-refractivity contribution is 9.10. The average Bonchev–Trinajstić information content (AvgIpc) is 2.64. The van der Waals surface area contributed by atoms with Crippen molar-refractivity contribution in [1.82, 2.24) is 4.31 Å². The molecule has 1 unspecified atom stereocenters. The van der Waals surface area contributed by atoms with Crippen LogP contribution in [0.5, 0.6) is 0 Å². The van der Waals surface area contributed by atoms with Gasteiger partial charge in [0, 0.05) is 17.6 Å². The predicted molar refractivity (Wildman–Crippen MR) is 63.5 cm³/mol. The summed E-state index contributed by atoms with van der Waals surface area (Å²) < 4.78 is 38.6. The average molecular weight is 324 g/mol. The fourth-order valence-corrected chi connectivity index (χ4v) is 4.25. The quantitative estimate of drug-likeness (QED) is 0.893. The summed E-state index contributed by atoms with van der Waals surface area (Å²) in [6, 6.07) is 3.43. The van der Waals surface area contributed by atoms with Gasteiger partial charge in [-0.25, -0.2) is 12.8 Å². The van der Waals surface area contributed by atoms with Crippen LogP contribution in [0.3, 0.4) is 0 Å². The van der Waals surface area contributed by atoms with Crippen LogP contribution < -0.4 is 0 Å². The lowest BCUT2D eigenvalue weighted by molar-refractivity contribution is 0.189. The van der Waals surface area contributed by atoms with Crippen LogP contribution in [0.1, 0.15) is 6.42 Å². The number of sulfonamides is 1. The second-order valence-corrected chi connectivity index (χ2v) is 6.64. The zero-order valence-corrected chi connectivity index (χ0v) is 11.2. The van der Waals surface area contributed by atoms with Crippen LogP contribution in [0.2, 0.25) is 0 Å². The highest BCUT2D eigenvalue weighted by Gasteiger charge is 2.32. The molecular formula is C10H11BrFNO3S. The summed E-state index contributed by atoms with van der Waals surface area (Å²) in [5, 5.41) is 9.35. The Labute approximate surface area is 107 Å². The van der Waals surface area contributed by atoms with Crippen molar-refractivity contribution in [2.45, 2.75) is 17.4 Å². The zero-order chi connectivity index (χ0) is 12.6. The second kappa shape index (κ2) is 4.64. The molecule has 4 nitrogen and oxygen atoms in total. The van der Waals surface area contributed by atoms with Crippen molar-refractivity contribution in [2.75, 3.05) is 13.1 Å².